The summed E-state index contributed by atoms with van der Waals surface area (Å²) >= 11 is 1.62. The SMILES string of the molecule is Cn1cnc2c(NCc3cn(-c4cccs4)nn3)ncnc21. The average molecular weight is 312 g/mol. The van der Waals surface area contributed by atoms with Gasteiger partial charge in [-0.25, -0.2) is 19.6 Å². The number of nitrogens with zero attached hydrogens (tertiary/aromatic N) is 7. The summed E-state index contributed by atoms with van der Waals surface area (Å²) in [5.74, 6) is 0.691. The second-order valence-electron chi connectivity index (χ2n) is 4.71. The average Bonchev–Trinajstić information content (AvgIpc) is 3.26. The van der Waals surface area contributed by atoms with Crippen LogP contribution in [-0.2, 0) is 13.6 Å². The minimum atomic E-state index is 0.522. The molecule has 4 heterocycles. The van der Waals surface area contributed by atoms with Gasteiger partial charge >= 0.3 is 0 Å². The van der Waals surface area contributed by atoms with Crippen LogP contribution in [0.1, 0.15) is 5.69 Å². The molecule has 0 amide bonds. The molecule has 0 aliphatic heterocycles. The smallest absolute Gasteiger partial charge is 0.165 e. The third-order valence-electron chi connectivity index (χ3n) is 3.21. The number of nitrogens with one attached hydrogen (secondary N) is 1. The van der Waals surface area contributed by atoms with Gasteiger partial charge in [-0.05, 0) is 17.5 Å². The van der Waals surface area contributed by atoms with Crippen molar-refractivity contribution in [2.75, 3.05) is 5.32 Å². The molecule has 0 atom stereocenters. The molecule has 0 unspecified atom stereocenters. The zero-order valence-corrected chi connectivity index (χ0v) is 12.5. The Hall–Kier alpha value is -2.81. The summed E-state index contributed by atoms with van der Waals surface area (Å²) in [6.45, 7) is 0.522. The van der Waals surface area contributed by atoms with E-state index in [0.717, 1.165) is 21.9 Å². The Morgan fingerprint density at radius 2 is 2.23 bits per heavy atom. The second-order valence-corrected chi connectivity index (χ2v) is 5.64. The maximum absolute atomic E-state index is 4.31. The van der Waals surface area contributed by atoms with Crippen molar-refractivity contribution >= 4 is 28.3 Å². The first kappa shape index (κ1) is 12.9. The molecule has 9 heteroatoms. The summed E-state index contributed by atoms with van der Waals surface area (Å²) in [4.78, 5) is 12.8. The van der Waals surface area contributed by atoms with Gasteiger partial charge < -0.3 is 9.88 Å². The van der Waals surface area contributed by atoms with E-state index in [1.165, 1.54) is 6.33 Å². The first-order chi connectivity index (χ1) is 10.8. The first-order valence-corrected chi connectivity index (χ1v) is 7.50. The molecule has 0 radical (unpaired) electrons. The monoisotopic (exact) mass is 312 g/mol. The van der Waals surface area contributed by atoms with E-state index in [2.05, 4.69) is 30.6 Å². The molecule has 8 nitrogen and oxygen atoms in total. The van der Waals surface area contributed by atoms with E-state index < -0.39 is 0 Å². The Morgan fingerprint density at radius 1 is 1.27 bits per heavy atom. The van der Waals surface area contributed by atoms with Crippen molar-refractivity contribution in [3.8, 4) is 5.00 Å². The molecule has 4 aromatic rings. The summed E-state index contributed by atoms with van der Waals surface area (Å²) in [6, 6.07) is 3.98. The number of hydrogen-bond acceptors (Lipinski definition) is 7. The highest BCUT2D eigenvalue weighted by molar-refractivity contribution is 7.12. The van der Waals surface area contributed by atoms with Crippen molar-refractivity contribution in [3.05, 3.63) is 42.1 Å². The van der Waals surface area contributed by atoms with Crippen LogP contribution in [0.3, 0.4) is 0 Å². The van der Waals surface area contributed by atoms with Gasteiger partial charge in [0.05, 0.1) is 19.1 Å². The lowest BCUT2D eigenvalue weighted by atomic mass is 10.4. The number of thiophene rings is 1. The molecule has 0 fully saturated rings. The Balaban J connectivity index is 1.55. The lowest BCUT2D eigenvalue weighted by Crippen LogP contribution is -2.03. The van der Waals surface area contributed by atoms with Gasteiger partial charge in [0.2, 0.25) is 0 Å². The number of fused-ring (bicyclic) bond motifs is 1. The molecule has 0 aliphatic rings. The molecule has 110 valence electrons. The standard InChI is InChI=1S/C13H12N8S/c1-20-8-17-11-12(15-7-16-13(11)20)14-5-9-6-21(19-18-9)10-3-2-4-22-10/h2-4,6-8H,5H2,1H3,(H,14,15,16). The Labute approximate surface area is 129 Å². The third-order valence-corrected chi connectivity index (χ3v) is 4.06. The molecule has 0 aromatic carbocycles. The number of aryl methyl sites for hydroxylation is 1. The quantitative estimate of drug-likeness (QED) is 0.616. The summed E-state index contributed by atoms with van der Waals surface area (Å²) in [6.07, 6.45) is 5.14. The number of anilines is 1. The molecule has 1 N–H and O–H groups in total. The largest absolute Gasteiger partial charge is 0.362 e. The van der Waals surface area contributed by atoms with E-state index in [1.807, 2.05) is 35.3 Å². The fourth-order valence-electron chi connectivity index (χ4n) is 2.14. The molecule has 0 aliphatic carbocycles. The molecule has 4 rings (SSSR count). The van der Waals surface area contributed by atoms with E-state index in [-0.39, 0.29) is 0 Å². The second kappa shape index (κ2) is 5.19. The molecule has 0 bridgehead atoms. The van der Waals surface area contributed by atoms with Crippen molar-refractivity contribution < 1.29 is 0 Å². The van der Waals surface area contributed by atoms with E-state index in [4.69, 9.17) is 0 Å². The van der Waals surface area contributed by atoms with Gasteiger partial charge in [-0.1, -0.05) is 5.21 Å². The summed E-state index contributed by atoms with van der Waals surface area (Å²) < 4.78 is 3.62. The Bertz CT molecular complexity index is 907. The predicted molar refractivity (Wildman–Crippen MR) is 82.9 cm³/mol. The highest BCUT2D eigenvalue weighted by atomic mass is 32.1. The minimum absolute atomic E-state index is 0.522. The van der Waals surface area contributed by atoms with Gasteiger partial charge in [0.1, 0.15) is 22.5 Å². The summed E-state index contributed by atoms with van der Waals surface area (Å²) in [5, 5.41) is 14.6. The van der Waals surface area contributed by atoms with Gasteiger partial charge in [-0.2, -0.15) is 0 Å². The lowest BCUT2D eigenvalue weighted by Gasteiger charge is -2.03. The molecule has 0 saturated carbocycles. The van der Waals surface area contributed by atoms with Crippen molar-refractivity contribution in [1.29, 1.82) is 0 Å². The maximum atomic E-state index is 4.31. The summed E-state index contributed by atoms with van der Waals surface area (Å²) in [7, 11) is 1.90. The topological polar surface area (TPSA) is 86.3 Å². The van der Waals surface area contributed by atoms with Crippen molar-refractivity contribution in [1.82, 2.24) is 34.5 Å². The zero-order chi connectivity index (χ0) is 14.9. The molecular weight excluding hydrogens is 300 g/mol. The zero-order valence-electron chi connectivity index (χ0n) is 11.7. The maximum Gasteiger partial charge on any atom is 0.165 e. The number of imidazole rings is 1. The molecule has 4 aromatic heterocycles. The van der Waals surface area contributed by atoms with E-state index in [0.29, 0.717) is 12.4 Å². The fraction of sp³-hybridized carbons (Fsp3) is 0.154. The van der Waals surface area contributed by atoms with Crippen molar-refractivity contribution in [2.24, 2.45) is 7.05 Å². The fourth-order valence-corrected chi connectivity index (χ4v) is 2.79. The van der Waals surface area contributed by atoms with Crippen LogP contribution in [-0.4, -0.2) is 34.5 Å². The van der Waals surface area contributed by atoms with Gasteiger partial charge in [0.15, 0.2) is 11.5 Å². The van der Waals surface area contributed by atoms with Crippen molar-refractivity contribution in [2.45, 2.75) is 6.54 Å². The third kappa shape index (κ3) is 2.21. The first-order valence-electron chi connectivity index (χ1n) is 6.62. The summed E-state index contributed by atoms with van der Waals surface area (Å²) in [5.41, 5.74) is 2.37. The Morgan fingerprint density at radius 3 is 3.09 bits per heavy atom. The lowest BCUT2D eigenvalue weighted by molar-refractivity contribution is 0.808. The van der Waals surface area contributed by atoms with E-state index in [9.17, 15) is 0 Å². The number of hydrogen-bond donors (Lipinski definition) is 1. The number of rotatable bonds is 4. The highest BCUT2D eigenvalue weighted by Gasteiger charge is 2.09. The van der Waals surface area contributed by atoms with Crippen LogP contribution in [0.2, 0.25) is 0 Å². The van der Waals surface area contributed by atoms with Crippen LogP contribution in [0.4, 0.5) is 5.82 Å². The van der Waals surface area contributed by atoms with Crippen LogP contribution >= 0.6 is 11.3 Å². The van der Waals surface area contributed by atoms with E-state index in [1.54, 1.807) is 22.3 Å². The molecule has 22 heavy (non-hydrogen) atoms. The predicted octanol–water partition coefficient (Wildman–Crippen LogP) is 1.62. The van der Waals surface area contributed by atoms with Crippen LogP contribution in [0.15, 0.2) is 36.4 Å². The highest BCUT2D eigenvalue weighted by Crippen LogP contribution is 2.17. The van der Waals surface area contributed by atoms with Crippen LogP contribution < -0.4 is 5.32 Å². The Kier molecular flexibility index (Phi) is 3.04. The van der Waals surface area contributed by atoms with Gasteiger partial charge in [0.25, 0.3) is 0 Å². The molecule has 0 spiro atoms. The number of aromatic nitrogens is 7. The normalized spacial score (nSPS) is 11.1. The van der Waals surface area contributed by atoms with Crippen LogP contribution in [0, 0.1) is 0 Å². The minimum Gasteiger partial charge on any atom is -0.362 e. The van der Waals surface area contributed by atoms with Crippen LogP contribution in [0.25, 0.3) is 16.2 Å². The van der Waals surface area contributed by atoms with Crippen LogP contribution in [0.5, 0.6) is 0 Å². The van der Waals surface area contributed by atoms with Crippen molar-refractivity contribution in [3.63, 3.8) is 0 Å². The molecular formula is C13H12N8S. The molecule has 0 saturated heterocycles. The van der Waals surface area contributed by atoms with Gasteiger partial charge in [-0.15, -0.1) is 16.4 Å². The van der Waals surface area contributed by atoms with Gasteiger partial charge in [0, 0.05) is 7.05 Å². The van der Waals surface area contributed by atoms with E-state index >= 15 is 0 Å². The van der Waals surface area contributed by atoms with Gasteiger partial charge in [-0.3, -0.25) is 0 Å².